The van der Waals surface area contributed by atoms with Crippen LogP contribution in [-0.4, -0.2) is 35.8 Å². The van der Waals surface area contributed by atoms with Crippen LogP contribution >= 0.6 is 0 Å². The van der Waals surface area contributed by atoms with E-state index >= 15 is 0 Å². The topological polar surface area (TPSA) is 97.7 Å². The number of hydrogen-bond acceptors (Lipinski definition) is 6. The molecule has 3 aromatic rings. The van der Waals surface area contributed by atoms with Crippen LogP contribution in [0.15, 0.2) is 40.5 Å². The molecule has 0 aliphatic carbocycles. The van der Waals surface area contributed by atoms with Gasteiger partial charge in [-0.1, -0.05) is 32.9 Å². The average Bonchev–Trinajstić information content (AvgIpc) is 2.93. The molecule has 1 N–H and O–H groups in total. The zero-order valence-corrected chi connectivity index (χ0v) is 13.0. The van der Waals surface area contributed by atoms with Gasteiger partial charge in [-0.25, -0.2) is 0 Å². The molecule has 0 radical (unpaired) electrons. The minimum absolute atomic E-state index is 0.124. The third kappa shape index (κ3) is 2.83. The second-order valence-corrected chi connectivity index (χ2v) is 6.13. The highest BCUT2D eigenvalue weighted by molar-refractivity contribution is 5.80. The first kappa shape index (κ1) is 14.9. The van der Waals surface area contributed by atoms with E-state index in [-0.39, 0.29) is 17.1 Å². The van der Waals surface area contributed by atoms with E-state index < -0.39 is 5.41 Å². The van der Waals surface area contributed by atoms with Crippen LogP contribution < -0.4 is 5.56 Å². The van der Waals surface area contributed by atoms with Crippen molar-refractivity contribution in [2.24, 2.45) is 5.10 Å². The first-order valence-electron chi connectivity index (χ1n) is 7.03. The Kier molecular flexibility index (Phi) is 3.44. The molecule has 0 fully saturated rings. The maximum absolute atomic E-state index is 12.7. The van der Waals surface area contributed by atoms with Gasteiger partial charge in [0.15, 0.2) is 0 Å². The summed E-state index contributed by atoms with van der Waals surface area (Å²) in [4.78, 5) is 12.7. The average molecular weight is 312 g/mol. The van der Waals surface area contributed by atoms with Gasteiger partial charge in [0.1, 0.15) is 17.8 Å². The van der Waals surface area contributed by atoms with Gasteiger partial charge in [0.2, 0.25) is 0 Å². The van der Waals surface area contributed by atoms with Crippen LogP contribution in [0.1, 0.15) is 32.0 Å². The van der Waals surface area contributed by atoms with E-state index in [1.54, 1.807) is 24.3 Å². The highest BCUT2D eigenvalue weighted by Crippen LogP contribution is 2.16. The number of rotatable bonds is 2. The molecule has 0 saturated heterocycles. The molecule has 23 heavy (non-hydrogen) atoms. The summed E-state index contributed by atoms with van der Waals surface area (Å²) in [6.45, 7) is 5.70. The van der Waals surface area contributed by atoms with Gasteiger partial charge in [0, 0.05) is 5.41 Å². The zero-order chi connectivity index (χ0) is 16.6. The normalized spacial score (nSPS) is 12.3. The molecular formula is C15H16N6O2. The van der Waals surface area contributed by atoms with Crippen molar-refractivity contribution in [3.63, 3.8) is 0 Å². The highest BCUT2D eigenvalue weighted by atomic mass is 16.3. The minimum atomic E-state index is -0.447. The number of fused-ring (bicyclic) bond motifs is 1. The van der Waals surface area contributed by atoms with Crippen molar-refractivity contribution in [3.8, 4) is 5.75 Å². The molecule has 2 aromatic heterocycles. The van der Waals surface area contributed by atoms with Crippen molar-refractivity contribution in [2.75, 3.05) is 0 Å². The number of phenolic OH excluding ortho intramolecular Hbond substituents is 1. The van der Waals surface area contributed by atoms with Crippen LogP contribution in [0.5, 0.6) is 5.75 Å². The van der Waals surface area contributed by atoms with Crippen molar-refractivity contribution >= 4 is 12.0 Å². The van der Waals surface area contributed by atoms with Gasteiger partial charge in [0.05, 0.1) is 6.21 Å². The minimum Gasteiger partial charge on any atom is -0.508 e. The fourth-order valence-electron chi connectivity index (χ4n) is 2.08. The predicted octanol–water partition coefficient (Wildman–Crippen LogP) is 1.17. The number of nitrogens with zero attached hydrogens (tertiary/aromatic N) is 6. The Morgan fingerprint density at radius 2 is 2.09 bits per heavy atom. The van der Waals surface area contributed by atoms with Crippen molar-refractivity contribution < 1.29 is 5.11 Å². The maximum atomic E-state index is 12.7. The largest absolute Gasteiger partial charge is 0.508 e. The van der Waals surface area contributed by atoms with Gasteiger partial charge in [-0.2, -0.15) is 19.4 Å². The second kappa shape index (κ2) is 5.31. The summed E-state index contributed by atoms with van der Waals surface area (Å²) in [6, 6.07) is 6.56. The Labute approximate surface area is 131 Å². The summed E-state index contributed by atoms with van der Waals surface area (Å²) < 4.78 is 2.58. The Bertz CT molecular complexity index is 948. The van der Waals surface area contributed by atoms with Gasteiger partial charge >= 0.3 is 0 Å². The summed E-state index contributed by atoms with van der Waals surface area (Å²) in [5.74, 6) is 0.346. The lowest BCUT2D eigenvalue weighted by Crippen LogP contribution is -2.33. The van der Waals surface area contributed by atoms with Crippen molar-refractivity contribution in [1.82, 2.24) is 24.5 Å². The molecule has 2 heterocycles. The molecule has 3 rings (SSSR count). The molecule has 8 nitrogen and oxygen atoms in total. The standard InChI is InChI=1S/C15H16N6O2/c1-15(2,3)12-13(23)21(14-18-16-9-20(14)19-12)17-8-10-5-4-6-11(22)7-10/h4-9,22H,1-3H3/b17-8+. The van der Waals surface area contributed by atoms with Crippen molar-refractivity contribution in [3.05, 3.63) is 52.2 Å². The number of phenols is 1. The summed E-state index contributed by atoms with van der Waals surface area (Å²) in [5.41, 5.74) is 0.216. The number of aromatic nitrogens is 5. The van der Waals surface area contributed by atoms with E-state index in [0.29, 0.717) is 11.3 Å². The van der Waals surface area contributed by atoms with Crippen molar-refractivity contribution in [1.29, 1.82) is 0 Å². The molecule has 0 saturated carbocycles. The SMILES string of the molecule is CC(C)(C)c1nn2cnnc2n(/N=C/c2cccc(O)c2)c1=O. The zero-order valence-electron chi connectivity index (χ0n) is 13.0. The van der Waals surface area contributed by atoms with E-state index in [9.17, 15) is 9.90 Å². The Hall–Kier alpha value is -3.03. The number of benzene rings is 1. The van der Waals surface area contributed by atoms with E-state index in [0.717, 1.165) is 4.68 Å². The molecule has 0 unspecified atom stereocenters. The third-order valence-electron chi connectivity index (χ3n) is 3.21. The van der Waals surface area contributed by atoms with Crippen LogP contribution in [0.4, 0.5) is 0 Å². The number of hydrogen-bond donors (Lipinski definition) is 1. The van der Waals surface area contributed by atoms with Crippen LogP contribution in [0.3, 0.4) is 0 Å². The molecule has 0 aliphatic rings. The molecule has 0 amide bonds. The van der Waals surface area contributed by atoms with Crippen LogP contribution in [-0.2, 0) is 5.41 Å². The summed E-state index contributed by atoms with van der Waals surface area (Å²) in [5, 5.41) is 25.6. The lowest BCUT2D eigenvalue weighted by atomic mass is 9.93. The molecule has 118 valence electrons. The molecule has 0 bridgehead atoms. The molecule has 1 aromatic carbocycles. The van der Waals surface area contributed by atoms with Crippen molar-refractivity contribution in [2.45, 2.75) is 26.2 Å². The second-order valence-electron chi connectivity index (χ2n) is 6.13. The van der Waals surface area contributed by atoms with Gasteiger partial charge in [-0.05, 0) is 17.7 Å². The van der Waals surface area contributed by atoms with Crippen LogP contribution in [0.2, 0.25) is 0 Å². The Morgan fingerprint density at radius 3 is 2.78 bits per heavy atom. The lowest BCUT2D eigenvalue weighted by Gasteiger charge is -2.16. The first-order chi connectivity index (χ1) is 10.9. The third-order valence-corrected chi connectivity index (χ3v) is 3.21. The van der Waals surface area contributed by atoms with E-state index in [1.165, 1.54) is 17.1 Å². The first-order valence-corrected chi connectivity index (χ1v) is 7.03. The van der Waals surface area contributed by atoms with Gasteiger partial charge in [-0.15, -0.1) is 10.2 Å². The van der Waals surface area contributed by atoms with Gasteiger partial charge in [-0.3, -0.25) is 4.79 Å². The summed E-state index contributed by atoms with van der Waals surface area (Å²) in [7, 11) is 0. The Balaban J connectivity index is 2.18. The molecule has 0 spiro atoms. The molecule has 8 heteroatoms. The fraction of sp³-hybridized carbons (Fsp3) is 0.267. The fourth-order valence-corrected chi connectivity index (χ4v) is 2.08. The van der Waals surface area contributed by atoms with Gasteiger partial charge in [0.25, 0.3) is 11.3 Å². The lowest BCUT2D eigenvalue weighted by molar-refractivity contribution is 0.475. The molecular weight excluding hydrogens is 296 g/mol. The Morgan fingerprint density at radius 1 is 1.30 bits per heavy atom. The maximum Gasteiger partial charge on any atom is 0.298 e. The van der Waals surface area contributed by atoms with Crippen LogP contribution in [0.25, 0.3) is 5.78 Å². The smallest absolute Gasteiger partial charge is 0.298 e. The van der Waals surface area contributed by atoms with E-state index in [1.807, 2.05) is 20.8 Å². The monoisotopic (exact) mass is 312 g/mol. The summed E-state index contributed by atoms with van der Waals surface area (Å²) >= 11 is 0. The predicted molar refractivity (Wildman–Crippen MR) is 84.8 cm³/mol. The quantitative estimate of drug-likeness (QED) is 0.716. The highest BCUT2D eigenvalue weighted by Gasteiger charge is 2.23. The molecule has 0 aliphatic heterocycles. The van der Waals surface area contributed by atoms with E-state index in [2.05, 4.69) is 20.4 Å². The van der Waals surface area contributed by atoms with E-state index in [4.69, 9.17) is 0 Å². The number of aromatic hydroxyl groups is 1. The molecule has 0 atom stereocenters. The van der Waals surface area contributed by atoms with Crippen LogP contribution in [0, 0.1) is 0 Å². The van der Waals surface area contributed by atoms with Gasteiger partial charge < -0.3 is 5.11 Å². The summed E-state index contributed by atoms with van der Waals surface area (Å²) in [6.07, 6.45) is 2.90.